The monoisotopic (exact) mass is 172 g/mol. The molecule has 0 amide bonds. The predicted octanol–water partition coefficient (Wildman–Crippen LogP) is 1.17. The number of aliphatic carboxylic acids is 1. The second kappa shape index (κ2) is 3.02. The van der Waals surface area contributed by atoms with Gasteiger partial charge in [0.25, 0.3) is 0 Å². The molecule has 0 saturated carbocycles. The second-order valence-corrected chi connectivity index (χ2v) is 3.51. The van der Waals surface area contributed by atoms with Crippen LogP contribution in [0.1, 0.15) is 15.9 Å². The van der Waals surface area contributed by atoms with Gasteiger partial charge < -0.3 is 10.2 Å². The third-order valence-electron chi connectivity index (χ3n) is 1.26. The van der Waals surface area contributed by atoms with Gasteiger partial charge in [-0.1, -0.05) is 0 Å². The fourth-order valence-corrected chi connectivity index (χ4v) is 1.58. The van der Waals surface area contributed by atoms with Crippen LogP contribution >= 0.6 is 11.3 Å². The van der Waals surface area contributed by atoms with Crippen molar-refractivity contribution in [3.8, 4) is 0 Å². The highest BCUT2D eigenvalue weighted by Gasteiger charge is 2.16. The summed E-state index contributed by atoms with van der Waals surface area (Å²) in [5, 5.41) is 17.4. The Bertz CT molecular complexity index is 266. The SMILES string of the molecule is Cc1ccc([C@H](O)C(=O)O)s1. The number of carbonyl (C=O) groups is 1. The standard InChI is InChI=1S/C7H8O3S/c1-4-2-3-5(11-4)6(8)7(9)10/h2-3,6,8H,1H3,(H,9,10)/t6-/m0/s1. The van der Waals surface area contributed by atoms with E-state index in [1.165, 1.54) is 11.3 Å². The topological polar surface area (TPSA) is 57.5 Å². The number of carboxylic acid groups (broad SMARTS) is 1. The van der Waals surface area contributed by atoms with Gasteiger partial charge in [-0.2, -0.15) is 0 Å². The van der Waals surface area contributed by atoms with Crippen molar-refractivity contribution in [2.45, 2.75) is 13.0 Å². The largest absolute Gasteiger partial charge is 0.479 e. The predicted molar refractivity (Wildman–Crippen MR) is 41.7 cm³/mol. The molecule has 1 aromatic rings. The van der Waals surface area contributed by atoms with Crippen LogP contribution in [0.4, 0.5) is 0 Å². The molecule has 0 aromatic carbocycles. The molecule has 3 nitrogen and oxygen atoms in total. The first-order chi connectivity index (χ1) is 5.11. The van der Waals surface area contributed by atoms with Crippen molar-refractivity contribution in [2.24, 2.45) is 0 Å². The summed E-state index contributed by atoms with van der Waals surface area (Å²) in [6.45, 7) is 1.86. The molecule has 0 aliphatic heterocycles. The Morgan fingerprint density at radius 3 is 2.64 bits per heavy atom. The van der Waals surface area contributed by atoms with Crippen LogP contribution in [0.2, 0.25) is 0 Å². The Kier molecular flexibility index (Phi) is 2.26. The van der Waals surface area contributed by atoms with Crippen LogP contribution in [-0.4, -0.2) is 16.2 Å². The summed E-state index contributed by atoms with van der Waals surface area (Å²) in [6, 6.07) is 3.41. The van der Waals surface area contributed by atoms with Crippen LogP contribution in [0.3, 0.4) is 0 Å². The molecule has 0 spiro atoms. The van der Waals surface area contributed by atoms with E-state index in [4.69, 9.17) is 10.2 Å². The normalized spacial score (nSPS) is 12.9. The van der Waals surface area contributed by atoms with Crippen molar-refractivity contribution in [3.63, 3.8) is 0 Å². The molecule has 0 aliphatic rings. The van der Waals surface area contributed by atoms with Gasteiger partial charge in [0.15, 0.2) is 6.10 Å². The lowest BCUT2D eigenvalue weighted by molar-refractivity contribution is -0.146. The van der Waals surface area contributed by atoms with E-state index in [0.717, 1.165) is 4.88 Å². The summed E-state index contributed by atoms with van der Waals surface area (Å²) in [5.41, 5.74) is 0. The van der Waals surface area contributed by atoms with Crippen LogP contribution in [0.25, 0.3) is 0 Å². The summed E-state index contributed by atoms with van der Waals surface area (Å²) < 4.78 is 0. The smallest absolute Gasteiger partial charge is 0.338 e. The van der Waals surface area contributed by atoms with Gasteiger partial charge >= 0.3 is 5.97 Å². The van der Waals surface area contributed by atoms with Crippen molar-refractivity contribution in [2.75, 3.05) is 0 Å². The molecule has 0 radical (unpaired) electrons. The Balaban J connectivity index is 2.84. The number of thiophene rings is 1. The number of aliphatic hydroxyl groups excluding tert-OH is 1. The third kappa shape index (κ3) is 1.78. The average Bonchev–Trinajstić information content (AvgIpc) is 2.34. The molecule has 1 aromatic heterocycles. The molecule has 1 heterocycles. The number of hydrogen-bond acceptors (Lipinski definition) is 3. The highest BCUT2D eigenvalue weighted by atomic mass is 32.1. The lowest BCUT2D eigenvalue weighted by atomic mass is 10.3. The first-order valence-corrected chi connectivity index (χ1v) is 3.90. The van der Waals surface area contributed by atoms with Crippen LogP contribution in [-0.2, 0) is 4.79 Å². The third-order valence-corrected chi connectivity index (χ3v) is 2.32. The molecule has 0 bridgehead atoms. The minimum Gasteiger partial charge on any atom is -0.479 e. The molecule has 0 aliphatic carbocycles. The fourth-order valence-electron chi connectivity index (χ4n) is 0.722. The molecule has 4 heteroatoms. The summed E-state index contributed by atoms with van der Waals surface area (Å²) in [4.78, 5) is 11.7. The van der Waals surface area contributed by atoms with E-state index in [9.17, 15) is 4.79 Å². The van der Waals surface area contributed by atoms with Crippen molar-refractivity contribution < 1.29 is 15.0 Å². The van der Waals surface area contributed by atoms with Crippen LogP contribution in [0.5, 0.6) is 0 Å². The maximum Gasteiger partial charge on any atom is 0.338 e. The first-order valence-electron chi connectivity index (χ1n) is 3.08. The van der Waals surface area contributed by atoms with Crippen molar-refractivity contribution >= 4 is 17.3 Å². The Labute approximate surface area is 67.9 Å². The van der Waals surface area contributed by atoms with Crippen LogP contribution < -0.4 is 0 Å². The molecule has 0 unspecified atom stereocenters. The maximum absolute atomic E-state index is 10.3. The molecule has 0 fully saturated rings. The zero-order valence-electron chi connectivity index (χ0n) is 5.94. The molecule has 1 atom stereocenters. The van der Waals surface area contributed by atoms with Crippen LogP contribution in [0, 0.1) is 6.92 Å². The van der Waals surface area contributed by atoms with Crippen LogP contribution in [0.15, 0.2) is 12.1 Å². The zero-order chi connectivity index (χ0) is 8.43. The van der Waals surface area contributed by atoms with Gasteiger partial charge in [0, 0.05) is 9.75 Å². The molecule has 11 heavy (non-hydrogen) atoms. The van der Waals surface area contributed by atoms with Gasteiger partial charge in [0.1, 0.15) is 0 Å². The fraction of sp³-hybridized carbons (Fsp3) is 0.286. The van der Waals surface area contributed by atoms with E-state index in [-0.39, 0.29) is 0 Å². The highest BCUT2D eigenvalue weighted by Crippen LogP contribution is 2.22. The quantitative estimate of drug-likeness (QED) is 0.704. The van der Waals surface area contributed by atoms with Gasteiger partial charge in [-0.3, -0.25) is 0 Å². The lowest BCUT2D eigenvalue weighted by Crippen LogP contribution is -2.08. The zero-order valence-corrected chi connectivity index (χ0v) is 6.76. The minimum absolute atomic E-state index is 0.481. The van der Waals surface area contributed by atoms with E-state index in [1.807, 2.05) is 6.92 Å². The minimum atomic E-state index is -1.37. The number of aryl methyl sites for hydroxylation is 1. The van der Waals surface area contributed by atoms with E-state index in [1.54, 1.807) is 12.1 Å². The van der Waals surface area contributed by atoms with E-state index < -0.39 is 12.1 Å². The van der Waals surface area contributed by atoms with E-state index in [0.29, 0.717) is 4.88 Å². The number of carboxylic acids is 1. The van der Waals surface area contributed by atoms with Crippen molar-refractivity contribution in [1.29, 1.82) is 0 Å². The number of rotatable bonds is 2. The second-order valence-electron chi connectivity index (χ2n) is 2.19. The number of hydrogen-bond donors (Lipinski definition) is 2. The molecular formula is C7H8O3S. The van der Waals surface area contributed by atoms with Gasteiger partial charge in [-0.05, 0) is 19.1 Å². The molecule has 60 valence electrons. The van der Waals surface area contributed by atoms with Gasteiger partial charge in [-0.25, -0.2) is 4.79 Å². The Morgan fingerprint density at radius 1 is 1.64 bits per heavy atom. The number of aliphatic hydroxyl groups is 1. The molecule has 1 rings (SSSR count). The summed E-state index contributed by atoms with van der Waals surface area (Å²) in [6.07, 6.45) is -1.37. The highest BCUT2D eigenvalue weighted by molar-refractivity contribution is 7.12. The van der Waals surface area contributed by atoms with Crippen molar-refractivity contribution in [3.05, 3.63) is 21.9 Å². The summed E-state index contributed by atoms with van der Waals surface area (Å²) >= 11 is 1.29. The van der Waals surface area contributed by atoms with Gasteiger partial charge in [0.05, 0.1) is 0 Å². The van der Waals surface area contributed by atoms with E-state index in [2.05, 4.69) is 0 Å². The lowest BCUT2D eigenvalue weighted by Gasteiger charge is -1.99. The van der Waals surface area contributed by atoms with Gasteiger partial charge in [0.2, 0.25) is 0 Å². The molecule has 2 N–H and O–H groups in total. The summed E-state index contributed by atoms with van der Waals surface area (Å²) in [7, 11) is 0. The van der Waals surface area contributed by atoms with Gasteiger partial charge in [-0.15, -0.1) is 11.3 Å². The summed E-state index contributed by atoms with van der Waals surface area (Å²) in [5.74, 6) is -1.20. The van der Waals surface area contributed by atoms with Crippen molar-refractivity contribution in [1.82, 2.24) is 0 Å². The van der Waals surface area contributed by atoms with E-state index >= 15 is 0 Å². The molecular weight excluding hydrogens is 164 g/mol. The Morgan fingerprint density at radius 2 is 2.27 bits per heavy atom. The first kappa shape index (κ1) is 8.23. The average molecular weight is 172 g/mol. The Hall–Kier alpha value is -0.870. The molecule has 0 saturated heterocycles. The maximum atomic E-state index is 10.3.